The molecule has 0 aliphatic carbocycles. The van der Waals surface area contributed by atoms with Crippen molar-refractivity contribution in [2.24, 2.45) is 0 Å². The van der Waals surface area contributed by atoms with Gasteiger partial charge in [0.15, 0.2) is 5.56 Å². The van der Waals surface area contributed by atoms with E-state index >= 15 is 0 Å². The van der Waals surface area contributed by atoms with Gasteiger partial charge < -0.3 is 4.74 Å². The predicted molar refractivity (Wildman–Crippen MR) is 62.3 cm³/mol. The van der Waals surface area contributed by atoms with Crippen molar-refractivity contribution in [3.05, 3.63) is 27.8 Å². The van der Waals surface area contributed by atoms with Crippen molar-refractivity contribution in [1.82, 2.24) is 0 Å². The first kappa shape index (κ1) is 16.5. The molecule has 0 aliphatic heterocycles. The molecule has 0 N–H and O–H groups in total. The number of halogens is 4. The Hall–Kier alpha value is -1.55. The average Bonchev–Trinajstić information content (AvgIpc) is 2.25. The molecule has 0 radical (unpaired) electrons. The minimum absolute atomic E-state index is 0.244. The van der Waals surface area contributed by atoms with E-state index < -0.39 is 42.0 Å². The van der Waals surface area contributed by atoms with Gasteiger partial charge in [-0.3, -0.25) is 10.1 Å². The van der Waals surface area contributed by atoms with Crippen molar-refractivity contribution < 1.29 is 31.2 Å². The summed E-state index contributed by atoms with van der Waals surface area (Å²) in [6.07, 6.45) is -5.08. The molecular formula is C9H7ClF3NO5S. The van der Waals surface area contributed by atoms with E-state index in [2.05, 4.69) is 4.74 Å². The molecule has 0 amide bonds. The Kier molecular flexibility index (Phi) is 4.49. The zero-order chi connectivity index (χ0) is 15.7. The third-order valence-electron chi connectivity index (χ3n) is 2.12. The van der Waals surface area contributed by atoms with Gasteiger partial charge >= 0.3 is 6.18 Å². The van der Waals surface area contributed by atoms with E-state index in [0.717, 1.165) is 0 Å². The minimum Gasteiger partial charge on any atom is -0.493 e. The van der Waals surface area contributed by atoms with Gasteiger partial charge in [0.2, 0.25) is 0 Å². The van der Waals surface area contributed by atoms with Crippen LogP contribution in [0.2, 0.25) is 0 Å². The lowest BCUT2D eigenvalue weighted by Gasteiger charge is -2.14. The number of hydrogen-bond donors (Lipinski definition) is 0. The van der Waals surface area contributed by atoms with E-state index in [9.17, 15) is 31.7 Å². The van der Waals surface area contributed by atoms with Gasteiger partial charge in [-0.05, 0) is 6.92 Å². The van der Waals surface area contributed by atoms with E-state index in [-0.39, 0.29) is 12.7 Å². The summed E-state index contributed by atoms with van der Waals surface area (Å²) >= 11 is 0. The third kappa shape index (κ3) is 3.51. The monoisotopic (exact) mass is 333 g/mol. The molecule has 112 valence electrons. The summed E-state index contributed by atoms with van der Waals surface area (Å²) in [5.74, 6) is -0.964. The Balaban J connectivity index is 3.77. The molecule has 11 heteroatoms. The number of hydrogen-bond acceptors (Lipinski definition) is 5. The van der Waals surface area contributed by atoms with Crippen molar-refractivity contribution in [2.75, 3.05) is 6.61 Å². The second kappa shape index (κ2) is 5.44. The topological polar surface area (TPSA) is 86.5 Å². The lowest BCUT2D eigenvalue weighted by Crippen LogP contribution is -2.13. The summed E-state index contributed by atoms with van der Waals surface area (Å²) in [4.78, 5) is 8.52. The molecule has 0 bridgehead atoms. The van der Waals surface area contributed by atoms with Crippen molar-refractivity contribution >= 4 is 25.4 Å². The van der Waals surface area contributed by atoms with Crippen LogP contribution in [0.5, 0.6) is 5.75 Å². The summed E-state index contributed by atoms with van der Waals surface area (Å²) in [7, 11) is 0.545. The van der Waals surface area contributed by atoms with Crippen molar-refractivity contribution in [3.8, 4) is 5.75 Å². The summed E-state index contributed by atoms with van der Waals surface area (Å²) in [5.41, 5.74) is -3.10. The molecule has 0 unspecified atom stereocenters. The minimum atomic E-state index is -5.08. The standard InChI is InChI=1S/C9H7ClF3NO5S/c1-2-19-7-4-5(20(10,17)18)3-6(14(15)16)8(7)9(11,12)13/h3-4H,2H2,1H3. The number of nitrogens with zero attached hydrogens (tertiary/aromatic N) is 1. The predicted octanol–water partition coefficient (Wildman–Crippen LogP) is 2.94. The first-order valence-corrected chi connectivity index (χ1v) is 7.26. The molecule has 0 saturated heterocycles. The van der Waals surface area contributed by atoms with Crippen LogP contribution in [0.4, 0.5) is 18.9 Å². The highest BCUT2D eigenvalue weighted by atomic mass is 35.7. The van der Waals surface area contributed by atoms with Gasteiger partial charge in [0.05, 0.1) is 16.4 Å². The summed E-state index contributed by atoms with van der Waals surface area (Å²) < 4.78 is 65.5. The van der Waals surface area contributed by atoms with Crippen molar-refractivity contribution in [2.45, 2.75) is 18.0 Å². The highest BCUT2D eigenvalue weighted by Crippen LogP contribution is 2.44. The average molecular weight is 334 g/mol. The molecule has 1 aromatic carbocycles. The van der Waals surface area contributed by atoms with E-state index in [1.807, 2.05) is 0 Å². The molecular weight excluding hydrogens is 327 g/mol. The van der Waals surface area contributed by atoms with Crippen LogP contribution >= 0.6 is 10.7 Å². The maximum atomic E-state index is 12.9. The maximum Gasteiger partial charge on any atom is 0.426 e. The molecule has 0 aromatic heterocycles. The van der Waals surface area contributed by atoms with Gasteiger partial charge in [0.25, 0.3) is 14.7 Å². The van der Waals surface area contributed by atoms with Crippen LogP contribution < -0.4 is 4.74 Å². The summed E-state index contributed by atoms with van der Waals surface area (Å²) in [6.45, 7) is 1.10. The van der Waals surface area contributed by atoms with Crippen LogP contribution in [0.15, 0.2) is 17.0 Å². The molecule has 1 rings (SSSR count). The molecule has 0 heterocycles. The smallest absolute Gasteiger partial charge is 0.426 e. The highest BCUT2D eigenvalue weighted by molar-refractivity contribution is 8.13. The first-order chi connectivity index (χ1) is 8.98. The van der Waals surface area contributed by atoms with Crippen molar-refractivity contribution in [3.63, 3.8) is 0 Å². The van der Waals surface area contributed by atoms with E-state index in [1.54, 1.807) is 0 Å². The molecule has 0 saturated carbocycles. The maximum absolute atomic E-state index is 12.9. The zero-order valence-electron chi connectivity index (χ0n) is 9.77. The van der Waals surface area contributed by atoms with Gasteiger partial charge in [-0.2, -0.15) is 13.2 Å². The second-order valence-electron chi connectivity index (χ2n) is 3.44. The van der Waals surface area contributed by atoms with Crippen LogP contribution in [0.25, 0.3) is 0 Å². The van der Waals surface area contributed by atoms with Crippen LogP contribution in [0.1, 0.15) is 12.5 Å². The number of nitro benzene ring substituents is 1. The zero-order valence-corrected chi connectivity index (χ0v) is 11.3. The molecule has 0 fully saturated rings. The Morgan fingerprint density at radius 2 is 1.95 bits per heavy atom. The highest BCUT2D eigenvalue weighted by Gasteiger charge is 2.43. The van der Waals surface area contributed by atoms with Crippen molar-refractivity contribution in [1.29, 1.82) is 0 Å². The van der Waals surface area contributed by atoms with Crippen LogP contribution in [0.3, 0.4) is 0 Å². The Morgan fingerprint density at radius 1 is 1.40 bits per heavy atom. The number of alkyl halides is 3. The number of benzene rings is 1. The molecule has 0 aliphatic rings. The van der Waals surface area contributed by atoms with Crippen LogP contribution in [-0.4, -0.2) is 19.9 Å². The SMILES string of the molecule is CCOc1cc(S(=O)(=O)Cl)cc([N+](=O)[O-])c1C(F)(F)F. The van der Waals surface area contributed by atoms with Gasteiger partial charge in [-0.1, -0.05) is 0 Å². The second-order valence-corrected chi connectivity index (χ2v) is 6.01. The number of rotatable bonds is 4. The summed E-state index contributed by atoms with van der Waals surface area (Å²) in [5, 5.41) is 10.7. The van der Waals surface area contributed by atoms with Crippen LogP contribution in [0, 0.1) is 10.1 Å². The largest absolute Gasteiger partial charge is 0.493 e. The van der Waals surface area contributed by atoms with Gasteiger partial charge in [0, 0.05) is 22.8 Å². The molecule has 6 nitrogen and oxygen atoms in total. The molecule has 0 spiro atoms. The lowest BCUT2D eigenvalue weighted by molar-refractivity contribution is -0.388. The fourth-order valence-electron chi connectivity index (χ4n) is 1.42. The van der Waals surface area contributed by atoms with Gasteiger partial charge in [-0.25, -0.2) is 8.42 Å². The molecule has 20 heavy (non-hydrogen) atoms. The van der Waals surface area contributed by atoms with Gasteiger partial charge in [-0.15, -0.1) is 0 Å². The van der Waals surface area contributed by atoms with Crippen LogP contribution in [-0.2, 0) is 15.2 Å². The van der Waals surface area contributed by atoms with Gasteiger partial charge in [0.1, 0.15) is 5.75 Å². The molecule has 0 atom stereocenters. The Morgan fingerprint density at radius 3 is 2.30 bits per heavy atom. The van der Waals surface area contributed by atoms with E-state index in [1.165, 1.54) is 6.92 Å². The Labute approximate surface area is 115 Å². The van der Waals surface area contributed by atoms with E-state index in [4.69, 9.17) is 10.7 Å². The lowest BCUT2D eigenvalue weighted by atomic mass is 10.1. The normalized spacial score (nSPS) is 12.2. The number of ether oxygens (including phenoxy) is 1. The quantitative estimate of drug-likeness (QED) is 0.480. The fourth-order valence-corrected chi connectivity index (χ4v) is 2.18. The molecule has 1 aromatic rings. The third-order valence-corrected chi connectivity index (χ3v) is 3.45. The van der Waals surface area contributed by atoms with E-state index in [0.29, 0.717) is 6.07 Å². The Bertz CT molecular complexity index is 644. The fraction of sp³-hybridized carbons (Fsp3) is 0.333. The summed E-state index contributed by atoms with van der Waals surface area (Å²) in [6, 6.07) is 0.745. The first-order valence-electron chi connectivity index (χ1n) is 4.95. The number of nitro groups is 1.